The fourth-order valence-electron chi connectivity index (χ4n) is 2.21. The van der Waals surface area contributed by atoms with E-state index in [0.717, 1.165) is 23.8 Å². The lowest BCUT2D eigenvalue weighted by Crippen LogP contribution is -2.32. The van der Waals surface area contributed by atoms with Crippen molar-refractivity contribution < 1.29 is 31.5 Å². The molecule has 7 nitrogen and oxygen atoms in total. The van der Waals surface area contributed by atoms with Crippen LogP contribution in [-0.4, -0.2) is 33.4 Å². The summed E-state index contributed by atoms with van der Waals surface area (Å²) in [6.07, 6.45) is 0. The van der Waals surface area contributed by atoms with Crippen molar-refractivity contribution in [3.05, 3.63) is 59.2 Å². The van der Waals surface area contributed by atoms with Gasteiger partial charge in [0.05, 0.1) is 10.6 Å². The molecule has 0 aromatic heterocycles. The average Bonchev–Trinajstić information content (AvgIpc) is 2.63. The average molecular weight is 412 g/mol. The van der Waals surface area contributed by atoms with E-state index in [0.29, 0.717) is 5.56 Å². The molecule has 2 N–H and O–H groups in total. The topological polar surface area (TPSA) is 102 Å². The van der Waals surface area contributed by atoms with E-state index >= 15 is 0 Å². The van der Waals surface area contributed by atoms with Crippen molar-refractivity contribution in [2.75, 3.05) is 18.5 Å². The number of esters is 1. The molecule has 2 aromatic carbocycles. The predicted octanol–water partition coefficient (Wildman–Crippen LogP) is 2.04. The van der Waals surface area contributed by atoms with Gasteiger partial charge in [-0.2, -0.15) is 4.72 Å². The molecular weight excluding hydrogens is 394 g/mol. The summed E-state index contributed by atoms with van der Waals surface area (Å²) in [5, 5.41) is 2.05. The van der Waals surface area contributed by atoms with Gasteiger partial charge in [-0.05, 0) is 43.2 Å². The molecule has 28 heavy (non-hydrogen) atoms. The molecule has 150 valence electrons. The molecule has 0 radical (unpaired) electrons. The van der Waals surface area contributed by atoms with Crippen molar-refractivity contribution in [2.24, 2.45) is 0 Å². The van der Waals surface area contributed by atoms with Crippen LogP contribution in [0, 0.1) is 25.5 Å². The highest BCUT2D eigenvalue weighted by molar-refractivity contribution is 7.89. The lowest BCUT2D eigenvalue weighted by atomic mass is 10.2. The minimum absolute atomic E-state index is 0.0274. The smallest absolute Gasteiger partial charge is 0.321 e. The van der Waals surface area contributed by atoms with Crippen LogP contribution in [0.25, 0.3) is 0 Å². The molecule has 0 spiro atoms. The summed E-state index contributed by atoms with van der Waals surface area (Å²) in [6.45, 7) is 1.85. The van der Waals surface area contributed by atoms with Crippen molar-refractivity contribution in [3.8, 4) is 0 Å². The van der Waals surface area contributed by atoms with Crippen molar-refractivity contribution in [3.63, 3.8) is 0 Å². The predicted molar refractivity (Wildman–Crippen MR) is 97.1 cm³/mol. The molecule has 0 bridgehead atoms. The molecule has 0 saturated carbocycles. The molecule has 2 aromatic rings. The second-order valence-electron chi connectivity index (χ2n) is 5.93. The fourth-order valence-corrected chi connectivity index (χ4v) is 3.50. The van der Waals surface area contributed by atoms with Gasteiger partial charge in [0.2, 0.25) is 10.0 Å². The Hall–Kier alpha value is -2.85. The zero-order valence-electron chi connectivity index (χ0n) is 15.1. The molecule has 0 fully saturated rings. The second-order valence-corrected chi connectivity index (χ2v) is 7.66. The normalized spacial score (nSPS) is 11.1. The summed E-state index contributed by atoms with van der Waals surface area (Å²) in [6, 6.07) is 7.34. The maximum absolute atomic E-state index is 13.4. The molecule has 0 unspecified atom stereocenters. The monoisotopic (exact) mass is 412 g/mol. The number of hydrogen-bond acceptors (Lipinski definition) is 5. The van der Waals surface area contributed by atoms with Crippen molar-refractivity contribution >= 4 is 27.6 Å². The van der Waals surface area contributed by atoms with E-state index in [1.165, 1.54) is 6.07 Å². The van der Waals surface area contributed by atoms with E-state index < -0.39 is 52.4 Å². The van der Waals surface area contributed by atoms with Gasteiger partial charge in [-0.3, -0.25) is 9.59 Å². The Morgan fingerprint density at radius 1 is 1.07 bits per heavy atom. The zero-order chi connectivity index (χ0) is 20.9. The molecule has 0 atom stereocenters. The van der Waals surface area contributed by atoms with Crippen LogP contribution in [0.15, 0.2) is 41.3 Å². The lowest BCUT2D eigenvalue weighted by Gasteiger charge is -2.10. The molecule has 0 aliphatic heterocycles. The first-order valence-corrected chi connectivity index (χ1v) is 9.54. The molecule has 0 aliphatic rings. The third-order valence-electron chi connectivity index (χ3n) is 3.61. The summed E-state index contributed by atoms with van der Waals surface area (Å²) in [7, 11) is -3.95. The summed E-state index contributed by atoms with van der Waals surface area (Å²) in [5.41, 5.74) is 0.828. The van der Waals surface area contributed by atoms with Gasteiger partial charge in [-0.15, -0.1) is 0 Å². The standard InChI is InChI=1S/C18H18F2N2O5S/c1-11-3-4-12(2)16(7-11)28(25,26)21-9-18(24)27-10-17(23)22-15-8-13(19)5-6-14(15)20/h3-8,21H,9-10H2,1-2H3,(H,22,23). The molecule has 10 heteroatoms. The van der Waals surface area contributed by atoms with Crippen LogP contribution in [0.3, 0.4) is 0 Å². The Labute approximate surface area is 160 Å². The Bertz CT molecular complexity index is 1010. The number of amides is 1. The maximum Gasteiger partial charge on any atom is 0.321 e. The van der Waals surface area contributed by atoms with E-state index in [1.807, 2.05) is 5.32 Å². The number of aryl methyl sites for hydroxylation is 2. The Morgan fingerprint density at radius 2 is 1.79 bits per heavy atom. The maximum atomic E-state index is 13.4. The number of rotatable bonds is 7. The lowest BCUT2D eigenvalue weighted by molar-refractivity contribution is -0.146. The van der Waals surface area contributed by atoms with Crippen LogP contribution >= 0.6 is 0 Å². The Balaban J connectivity index is 1.87. The van der Waals surface area contributed by atoms with Crippen LogP contribution in [0.5, 0.6) is 0 Å². The van der Waals surface area contributed by atoms with E-state index in [2.05, 4.69) is 9.46 Å². The van der Waals surface area contributed by atoms with E-state index in [-0.39, 0.29) is 4.90 Å². The highest BCUT2D eigenvalue weighted by Crippen LogP contribution is 2.16. The molecule has 0 heterocycles. The number of carbonyl (C=O) groups excluding carboxylic acids is 2. The first-order valence-electron chi connectivity index (χ1n) is 8.06. The summed E-state index contributed by atoms with van der Waals surface area (Å²) in [5.74, 6) is -3.53. The SMILES string of the molecule is Cc1ccc(C)c(S(=O)(=O)NCC(=O)OCC(=O)Nc2cc(F)ccc2F)c1. The Kier molecular flexibility index (Phi) is 6.81. The van der Waals surface area contributed by atoms with Crippen molar-refractivity contribution in [1.82, 2.24) is 4.72 Å². The number of ether oxygens (including phenoxy) is 1. The first-order chi connectivity index (χ1) is 13.1. The molecular formula is C18H18F2N2O5S. The number of anilines is 1. The molecule has 0 saturated heterocycles. The number of nitrogens with one attached hydrogen (secondary N) is 2. The number of carbonyl (C=O) groups is 2. The minimum Gasteiger partial charge on any atom is -0.455 e. The number of hydrogen-bond donors (Lipinski definition) is 2. The molecule has 1 amide bonds. The third kappa shape index (κ3) is 5.83. The largest absolute Gasteiger partial charge is 0.455 e. The summed E-state index contributed by atoms with van der Waals surface area (Å²) in [4.78, 5) is 23.4. The van der Waals surface area contributed by atoms with Crippen LogP contribution < -0.4 is 10.0 Å². The van der Waals surface area contributed by atoms with Crippen molar-refractivity contribution in [1.29, 1.82) is 0 Å². The van der Waals surface area contributed by atoms with Gasteiger partial charge in [0.25, 0.3) is 5.91 Å². The van der Waals surface area contributed by atoms with Crippen LogP contribution in [0.2, 0.25) is 0 Å². The fraction of sp³-hybridized carbons (Fsp3) is 0.222. The summed E-state index contributed by atoms with van der Waals surface area (Å²) < 4.78 is 57.8. The number of halogens is 2. The van der Waals surface area contributed by atoms with Gasteiger partial charge in [-0.25, -0.2) is 17.2 Å². The first kappa shape index (κ1) is 21.5. The van der Waals surface area contributed by atoms with Crippen LogP contribution in [0.4, 0.5) is 14.5 Å². The van der Waals surface area contributed by atoms with Gasteiger partial charge >= 0.3 is 5.97 Å². The summed E-state index contributed by atoms with van der Waals surface area (Å²) >= 11 is 0. The quantitative estimate of drug-likeness (QED) is 0.678. The van der Waals surface area contributed by atoms with Crippen LogP contribution in [0.1, 0.15) is 11.1 Å². The highest BCUT2D eigenvalue weighted by Gasteiger charge is 2.19. The zero-order valence-corrected chi connectivity index (χ0v) is 15.9. The van der Waals surface area contributed by atoms with E-state index in [9.17, 15) is 26.8 Å². The number of sulfonamides is 1. The molecule has 2 rings (SSSR count). The second kappa shape index (κ2) is 8.89. The van der Waals surface area contributed by atoms with Gasteiger partial charge in [0, 0.05) is 6.07 Å². The van der Waals surface area contributed by atoms with E-state index in [4.69, 9.17) is 0 Å². The van der Waals surface area contributed by atoms with E-state index in [1.54, 1.807) is 26.0 Å². The minimum atomic E-state index is -3.95. The third-order valence-corrected chi connectivity index (χ3v) is 5.15. The molecule has 0 aliphatic carbocycles. The van der Waals surface area contributed by atoms with Gasteiger partial charge in [-0.1, -0.05) is 12.1 Å². The van der Waals surface area contributed by atoms with Crippen LogP contribution in [-0.2, 0) is 24.3 Å². The van der Waals surface area contributed by atoms with Gasteiger partial charge < -0.3 is 10.1 Å². The van der Waals surface area contributed by atoms with Crippen molar-refractivity contribution in [2.45, 2.75) is 18.7 Å². The van der Waals surface area contributed by atoms with Gasteiger partial charge in [0.15, 0.2) is 6.61 Å². The van der Waals surface area contributed by atoms with Gasteiger partial charge in [0.1, 0.15) is 18.2 Å². The number of benzene rings is 2. The highest BCUT2D eigenvalue weighted by atomic mass is 32.2. The Morgan fingerprint density at radius 3 is 2.50 bits per heavy atom.